The van der Waals surface area contributed by atoms with Crippen LogP contribution in [0.3, 0.4) is 0 Å². The molecule has 0 unspecified atom stereocenters. The van der Waals surface area contributed by atoms with E-state index in [1.54, 1.807) is 13.0 Å². The standard InChI is InChI=1S/C16H22O3/c1-3-15(17)14(10-11-16(18)19-4-2)12-13-8-6-5-7-9-13/h5-11,14-15,17H,3-4,12H2,1-2H3/b11-10+/t14-,15-/m0/s1. The van der Waals surface area contributed by atoms with Crippen LogP contribution >= 0.6 is 0 Å². The van der Waals surface area contributed by atoms with Gasteiger partial charge in [0.2, 0.25) is 0 Å². The number of rotatable bonds is 7. The highest BCUT2D eigenvalue weighted by Crippen LogP contribution is 2.16. The Morgan fingerprint density at radius 1 is 1.32 bits per heavy atom. The third-order valence-corrected chi connectivity index (χ3v) is 2.99. The second kappa shape index (κ2) is 8.48. The first-order valence-electron chi connectivity index (χ1n) is 6.74. The smallest absolute Gasteiger partial charge is 0.330 e. The fraction of sp³-hybridized carbons (Fsp3) is 0.438. The summed E-state index contributed by atoms with van der Waals surface area (Å²) >= 11 is 0. The Balaban J connectivity index is 2.70. The van der Waals surface area contributed by atoms with Crippen molar-refractivity contribution in [2.24, 2.45) is 5.92 Å². The number of hydrogen-bond donors (Lipinski definition) is 1. The minimum absolute atomic E-state index is 0.0724. The zero-order chi connectivity index (χ0) is 14.1. The molecule has 104 valence electrons. The summed E-state index contributed by atoms with van der Waals surface area (Å²) in [6.45, 7) is 4.07. The maximum Gasteiger partial charge on any atom is 0.330 e. The van der Waals surface area contributed by atoms with Crippen molar-refractivity contribution in [1.82, 2.24) is 0 Å². The molecule has 0 spiro atoms. The molecule has 0 bridgehead atoms. The summed E-state index contributed by atoms with van der Waals surface area (Å²) in [4.78, 5) is 11.3. The zero-order valence-corrected chi connectivity index (χ0v) is 11.6. The molecule has 3 heteroatoms. The van der Waals surface area contributed by atoms with Crippen LogP contribution in [0, 0.1) is 5.92 Å². The lowest BCUT2D eigenvalue weighted by molar-refractivity contribution is -0.137. The fourth-order valence-electron chi connectivity index (χ4n) is 1.91. The Morgan fingerprint density at radius 3 is 2.58 bits per heavy atom. The van der Waals surface area contributed by atoms with Gasteiger partial charge in [0.15, 0.2) is 0 Å². The molecule has 1 N–H and O–H groups in total. The molecule has 1 aromatic carbocycles. The molecule has 0 heterocycles. The van der Waals surface area contributed by atoms with Gasteiger partial charge < -0.3 is 9.84 Å². The molecule has 0 aliphatic rings. The Hall–Kier alpha value is -1.61. The van der Waals surface area contributed by atoms with E-state index in [1.807, 2.05) is 37.3 Å². The van der Waals surface area contributed by atoms with Gasteiger partial charge in [0.1, 0.15) is 0 Å². The van der Waals surface area contributed by atoms with Crippen LogP contribution in [0.15, 0.2) is 42.5 Å². The van der Waals surface area contributed by atoms with Crippen LogP contribution in [-0.2, 0) is 16.0 Å². The normalized spacial score (nSPS) is 14.3. The van der Waals surface area contributed by atoms with Gasteiger partial charge in [-0.2, -0.15) is 0 Å². The van der Waals surface area contributed by atoms with Gasteiger partial charge in [-0.3, -0.25) is 0 Å². The van der Waals surface area contributed by atoms with E-state index in [-0.39, 0.29) is 11.9 Å². The first kappa shape index (κ1) is 15.4. The van der Waals surface area contributed by atoms with Crippen LogP contribution in [0.5, 0.6) is 0 Å². The minimum atomic E-state index is -0.453. The Kier molecular flexibility index (Phi) is 6.90. The lowest BCUT2D eigenvalue weighted by atomic mass is 9.92. The number of aliphatic hydroxyl groups excluding tert-OH is 1. The maximum atomic E-state index is 11.3. The van der Waals surface area contributed by atoms with Crippen LogP contribution in [0.2, 0.25) is 0 Å². The molecule has 2 atom stereocenters. The summed E-state index contributed by atoms with van der Waals surface area (Å²) in [5.74, 6) is -0.430. The second-order valence-electron chi connectivity index (χ2n) is 4.44. The number of carbonyl (C=O) groups is 1. The Labute approximate surface area is 114 Å². The monoisotopic (exact) mass is 262 g/mol. The van der Waals surface area contributed by atoms with Gasteiger partial charge in [0.05, 0.1) is 12.7 Å². The van der Waals surface area contributed by atoms with E-state index in [4.69, 9.17) is 4.74 Å². The van der Waals surface area contributed by atoms with Crippen molar-refractivity contribution in [3.63, 3.8) is 0 Å². The third kappa shape index (κ3) is 5.71. The molecule has 0 aromatic heterocycles. The van der Waals surface area contributed by atoms with Crippen molar-refractivity contribution < 1.29 is 14.6 Å². The molecule has 0 amide bonds. The van der Waals surface area contributed by atoms with Crippen LogP contribution in [-0.4, -0.2) is 23.8 Å². The van der Waals surface area contributed by atoms with E-state index >= 15 is 0 Å². The zero-order valence-electron chi connectivity index (χ0n) is 11.6. The first-order chi connectivity index (χ1) is 9.17. The van der Waals surface area contributed by atoms with Gasteiger partial charge in [0.25, 0.3) is 0 Å². The quantitative estimate of drug-likeness (QED) is 0.607. The lowest BCUT2D eigenvalue weighted by Crippen LogP contribution is -2.20. The van der Waals surface area contributed by atoms with E-state index in [2.05, 4.69) is 0 Å². The lowest BCUT2D eigenvalue weighted by Gasteiger charge is -2.18. The van der Waals surface area contributed by atoms with Crippen molar-refractivity contribution in [2.75, 3.05) is 6.61 Å². The van der Waals surface area contributed by atoms with Gasteiger partial charge in [-0.05, 0) is 25.3 Å². The second-order valence-corrected chi connectivity index (χ2v) is 4.44. The van der Waals surface area contributed by atoms with Gasteiger partial charge in [-0.25, -0.2) is 4.79 Å². The highest BCUT2D eigenvalue weighted by atomic mass is 16.5. The molecule has 0 saturated carbocycles. The van der Waals surface area contributed by atoms with E-state index in [9.17, 15) is 9.90 Å². The highest BCUT2D eigenvalue weighted by Gasteiger charge is 2.15. The van der Waals surface area contributed by atoms with E-state index < -0.39 is 6.10 Å². The summed E-state index contributed by atoms with van der Waals surface area (Å²) in [5.41, 5.74) is 1.15. The summed E-state index contributed by atoms with van der Waals surface area (Å²) in [7, 11) is 0. The average Bonchev–Trinajstić information content (AvgIpc) is 2.44. The molecule has 0 saturated heterocycles. The number of carbonyl (C=O) groups excluding carboxylic acids is 1. The van der Waals surface area contributed by atoms with Crippen molar-refractivity contribution >= 4 is 5.97 Å². The molecule has 0 aliphatic carbocycles. The van der Waals surface area contributed by atoms with Gasteiger partial charge in [-0.15, -0.1) is 0 Å². The van der Waals surface area contributed by atoms with Crippen LogP contribution in [0.25, 0.3) is 0 Å². The van der Waals surface area contributed by atoms with Crippen molar-refractivity contribution in [1.29, 1.82) is 0 Å². The number of hydrogen-bond acceptors (Lipinski definition) is 3. The van der Waals surface area contributed by atoms with Crippen molar-refractivity contribution in [3.8, 4) is 0 Å². The SMILES string of the molecule is CCOC(=O)/C=C/[C@@H](Cc1ccccc1)[C@@H](O)CC. The molecule has 0 radical (unpaired) electrons. The van der Waals surface area contributed by atoms with E-state index in [1.165, 1.54) is 6.08 Å². The number of ether oxygens (including phenoxy) is 1. The van der Waals surface area contributed by atoms with Crippen molar-refractivity contribution in [2.45, 2.75) is 32.8 Å². The molecular weight excluding hydrogens is 240 g/mol. The fourth-order valence-corrected chi connectivity index (χ4v) is 1.91. The Morgan fingerprint density at radius 2 is 2.00 bits per heavy atom. The average molecular weight is 262 g/mol. The largest absolute Gasteiger partial charge is 0.463 e. The molecule has 0 aliphatic heterocycles. The van der Waals surface area contributed by atoms with Gasteiger partial charge >= 0.3 is 5.97 Å². The summed E-state index contributed by atoms with van der Waals surface area (Å²) in [6.07, 6.45) is 4.08. The predicted molar refractivity (Wildman–Crippen MR) is 75.7 cm³/mol. The predicted octanol–water partition coefficient (Wildman–Crippen LogP) is 2.74. The molecule has 19 heavy (non-hydrogen) atoms. The summed E-state index contributed by atoms with van der Waals surface area (Å²) in [6, 6.07) is 9.95. The maximum absolute atomic E-state index is 11.3. The van der Waals surface area contributed by atoms with Gasteiger partial charge in [-0.1, -0.05) is 43.3 Å². The van der Waals surface area contributed by atoms with E-state index in [0.717, 1.165) is 5.56 Å². The van der Waals surface area contributed by atoms with Crippen LogP contribution in [0.1, 0.15) is 25.8 Å². The van der Waals surface area contributed by atoms with Gasteiger partial charge in [0, 0.05) is 12.0 Å². The van der Waals surface area contributed by atoms with Crippen molar-refractivity contribution in [3.05, 3.63) is 48.0 Å². The summed E-state index contributed by atoms with van der Waals surface area (Å²) in [5, 5.41) is 10.0. The molecular formula is C16H22O3. The molecule has 0 fully saturated rings. The molecule has 1 aromatic rings. The van der Waals surface area contributed by atoms with Crippen LogP contribution < -0.4 is 0 Å². The van der Waals surface area contributed by atoms with E-state index in [0.29, 0.717) is 19.4 Å². The highest BCUT2D eigenvalue weighted by molar-refractivity contribution is 5.81. The third-order valence-electron chi connectivity index (χ3n) is 2.99. The number of benzene rings is 1. The topological polar surface area (TPSA) is 46.5 Å². The molecule has 3 nitrogen and oxygen atoms in total. The minimum Gasteiger partial charge on any atom is -0.463 e. The Bertz CT molecular complexity index is 398. The summed E-state index contributed by atoms with van der Waals surface area (Å²) < 4.78 is 4.85. The molecule has 1 rings (SSSR count). The number of aliphatic hydroxyl groups is 1. The first-order valence-corrected chi connectivity index (χ1v) is 6.74. The number of esters is 1. The van der Waals surface area contributed by atoms with Crippen LogP contribution in [0.4, 0.5) is 0 Å².